The Kier molecular flexibility index (Phi) is 6.61. The number of alkyl halides is 3. The molecule has 0 N–H and O–H groups in total. The van der Waals surface area contributed by atoms with Crippen LogP contribution in [-0.2, 0) is 15.7 Å². The second-order valence-corrected chi connectivity index (χ2v) is 6.25. The molecule has 2 rings (SSSR count). The highest BCUT2D eigenvalue weighted by molar-refractivity contribution is 5.95. The molecule has 1 amide bonds. The van der Waals surface area contributed by atoms with Gasteiger partial charge in [0.1, 0.15) is 5.82 Å². The molecular weight excluding hydrogens is 354 g/mol. The number of unbranched alkanes of at least 4 members (excludes halogenated alkanes) is 1. The Morgan fingerprint density at radius 2 is 1.88 bits per heavy atom. The summed E-state index contributed by atoms with van der Waals surface area (Å²) >= 11 is 0. The van der Waals surface area contributed by atoms with E-state index in [1.54, 1.807) is 0 Å². The first-order valence-electron chi connectivity index (χ1n) is 8.57. The third-order valence-corrected chi connectivity index (χ3v) is 4.39. The molecular formula is C18H21F4NO3. The topological polar surface area (TPSA) is 46.6 Å². The SMILES string of the molecule is CCCCOC(=O)C1CCN(C(=O)c2cccc(C(F)(F)F)c2F)CC1. The van der Waals surface area contributed by atoms with E-state index in [9.17, 15) is 27.2 Å². The highest BCUT2D eigenvalue weighted by Gasteiger charge is 2.37. The van der Waals surface area contributed by atoms with Gasteiger partial charge in [0, 0.05) is 13.1 Å². The van der Waals surface area contributed by atoms with E-state index in [0.29, 0.717) is 25.5 Å². The van der Waals surface area contributed by atoms with Crippen molar-refractivity contribution in [2.45, 2.75) is 38.8 Å². The van der Waals surface area contributed by atoms with Crippen LogP contribution >= 0.6 is 0 Å². The van der Waals surface area contributed by atoms with Gasteiger partial charge in [-0.15, -0.1) is 0 Å². The van der Waals surface area contributed by atoms with E-state index in [1.807, 2.05) is 6.92 Å². The number of halogens is 4. The normalized spacial score (nSPS) is 15.8. The number of carbonyl (C=O) groups is 2. The van der Waals surface area contributed by atoms with Gasteiger partial charge in [0.2, 0.25) is 0 Å². The average Bonchev–Trinajstić information content (AvgIpc) is 2.60. The van der Waals surface area contributed by atoms with E-state index >= 15 is 0 Å². The van der Waals surface area contributed by atoms with Crippen LogP contribution in [0.5, 0.6) is 0 Å². The van der Waals surface area contributed by atoms with Crippen molar-refractivity contribution in [2.75, 3.05) is 19.7 Å². The van der Waals surface area contributed by atoms with Crippen molar-refractivity contribution in [3.8, 4) is 0 Å². The molecule has 4 nitrogen and oxygen atoms in total. The number of amides is 1. The van der Waals surface area contributed by atoms with Gasteiger partial charge in [0.05, 0.1) is 23.7 Å². The van der Waals surface area contributed by atoms with Gasteiger partial charge in [-0.2, -0.15) is 13.2 Å². The molecule has 0 spiro atoms. The van der Waals surface area contributed by atoms with Crippen LogP contribution in [0, 0.1) is 11.7 Å². The van der Waals surface area contributed by atoms with Crippen molar-refractivity contribution in [3.63, 3.8) is 0 Å². The van der Waals surface area contributed by atoms with Crippen molar-refractivity contribution in [3.05, 3.63) is 35.1 Å². The minimum Gasteiger partial charge on any atom is -0.465 e. The highest BCUT2D eigenvalue weighted by Crippen LogP contribution is 2.33. The smallest absolute Gasteiger partial charge is 0.419 e. The maximum atomic E-state index is 14.1. The monoisotopic (exact) mass is 375 g/mol. The Morgan fingerprint density at radius 1 is 1.23 bits per heavy atom. The summed E-state index contributed by atoms with van der Waals surface area (Å²) in [5.74, 6) is -3.03. The summed E-state index contributed by atoms with van der Waals surface area (Å²) < 4.78 is 57.6. The van der Waals surface area contributed by atoms with Crippen molar-refractivity contribution >= 4 is 11.9 Å². The zero-order valence-electron chi connectivity index (χ0n) is 14.4. The number of rotatable bonds is 5. The molecule has 1 fully saturated rings. The standard InChI is InChI=1S/C18H21F4NO3/c1-2-3-11-26-17(25)12-7-9-23(10-8-12)16(24)13-5-4-6-14(15(13)19)18(20,21)22/h4-6,12H,2-3,7-11H2,1H3. The van der Waals surface area contributed by atoms with E-state index in [-0.39, 0.29) is 25.0 Å². The van der Waals surface area contributed by atoms with Gasteiger partial charge in [0.15, 0.2) is 0 Å². The number of hydrogen-bond donors (Lipinski definition) is 0. The molecule has 0 aliphatic carbocycles. The lowest BCUT2D eigenvalue weighted by molar-refractivity contribution is -0.150. The number of benzene rings is 1. The Bertz CT molecular complexity index is 652. The summed E-state index contributed by atoms with van der Waals surface area (Å²) in [7, 11) is 0. The van der Waals surface area contributed by atoms with Gasteiger partial charge in [-0.25, -0.2) is 4.39 Å². The van der Waals surface area contributed by atoms with Gasteiger partial charge in [-0.1, -0.05) is 19.4 Å². The quantitative estimate of drug-likeness (QED) is 0.443. The van der Waals surface area contributed by atoms with Crippen LogP contribution < -0.4 is 0 Å². The molecule has 1 heterocycles. The zero-order chi connectivity index (χ0) is 19.3. The molecule has 0 bridgehead atoms. The molecule has 0 unspecified atom stereocenters. The fourth-order valence-electron chi connectivity index (χ4n) is 2.84. The Labute approximate surface area is 149 Å². The minimum atomic E-state index is -4.87. The van der Waals surface area contributed by atoms with Gasteiger partial charge in [-0.3, -0.25) is 9.59 Å². The molecule has 0 aromatic heterocycles. The number of esters is 1. The van der Waals surface area contributed by atoms with E-state index in [1.165, 1.54) is 4.90 Å². The predicted molar refractivity (Wildman–Crippen MR) is 85.9 cm³/mol. The summed E-state index contributed by atoms with van der Waals surface area (Å²) in [4.78, 5) is 25.6. The summed E-state index contributed by atoms with van der Waals surface area (Å²) in [6, 6.07) is 2.65. The zero-order valence-corrected chi connectivity index (χ0v) is 14.4. The fourth-order valence-corrected chi connectivity index (χ4v) is 2.84. The summed E-state index contributed by atoms with van der Waals surface area (Å²) in [6.45, 7) is 2.67. The van der Waals surface area contributed by atoms with Crippen molar-refractivity contribution in [1.82, 2.24) is 4.90 Å². The van der Waals surface area contributed by atoms with Crippen molar-refractivity contribution < 1.29 is 31.9 Å². The summed E-state index contributed by atoms with van der Waals surface area (Å²) in [5, 5.41) is 0. The van der Waals surface area contributed by atoms with Crippen molar-refractivity contribution in [1.29, 1.82) is 0 Å². The second-order valence-electron chi connectivity index (χ2n) is 6.25. The van der Waals surface area contributed by atoms with E-state index in [4.69, 9.17) is 4.74 Å². The number of ether oxygens (including phenoxy) is 1. The van der Waals surface area contributed by atoms with Gasteiger partial charge in [0.25, 0.3) is 5.91 Å². The first kappa shape index (κ1) is 20.2. The molecule has 0 atom stereocenters. The van der Waals surface area contributed by atoms with E-state index in [2.05, 4.69) is 0 Å². The second kappa shape index (κ2) is 8.51. The number of carbonyl (C=O) groups excluding carboxylic acids is 2. The number of nitrogens with zero attached hydrogens (tertiary/aromatic N) is 1. The Hall–Kier alpha value is -2.12. The lowest BCUT2D eigenvalue weighted by Gasteiger charge is -2.31. The maximum absolute atomic E-state index is 14.1. The van der Waals surface area contributed by atoms with Crippen LogP contribution in [0.4, 0.5) is 17.6 Å². The molecule has 0 radical (unpaired) electrons. The molecule has 1 aliphatic heterocycles. The molecule has 1 aromatic rings. The average molecular weight is 375 g/mol. The lowest BCUT2D eigenvalue weighted by Crippen LogP contribution is -2.41. The van der Waals surface area contributed by atoms with E-state index < -0.39 is 29.0 Å². The number of hydrogen-bond acceptors (Lipinski definition) is 3. The van der Waals surface area contributed by atoms with E-state index in [0.717, 1.165) is 25.0 Å². The summed E-state index contributed by atoms with van der Waals surface area (Å²) in [6.07, 6.45) is -2.50. The largest absolute Gasteiger partial charge is 0.465 e. The van der Waals surface area contributed by atoms with Crippen LogP contribution in [0.2, 0.25) is 0 Å². The predicted octanol–water partition coefficient (Wildman–Crippen LogP) is 4.04. The number of piperidine rings is 1. The Morgan fingerprint density at radius 3 is 2.46 bits per heavy atom. The van der Waals surface area contributed by atoms with Crippen LogP contribution in [-0.4, -0.2) is 36.5 Å². The Balaban J connectivity index is 2.00. The molecule has 0 saturated carbocycles. The highest BCUT2D eigenvalue weighted by atomic mass is 19.4. The van der Waals surface area contributed by atoms with Gasteiger partial charge >= 0.3 is 12.1 Å². The maximum Gasteiger partial charge on any atom is 0.419 e. The molecule has 1 aliphatic rings. The van der Waals surface area contributed by atoms with Gasteiger partial charge in [-0.05, 0) is 31.4 Å². The van der Waals surface area contributed by atoms with Crippen LogP contribution in [0.15, 0.2) is 18.2 Å². The third-order valence-electron chi connectivity index (χ3n) is 4.39. The summed E-state index contributed by atoms with van der Waals surface area (Å²) in [5.41, 5.74) is -2.07. The first-order valence-corrected chi connectivity index (χ1v) is 8.57. The molecule has 1 aromatic carbocycles. The molecule has 26 heavy (non-hydrogen) atoms. The van der Waals surface area contributed by atoms with Crippen LogP contribution in [0.1, 0.15) is 48.5 Å². The molecule has 1 saturated heterocycles. The third kappa shape index (κ3) is 4.74. The lowest BCUT2D eigenvalue weighted by atomic mass is 9.96. The molecule has 144 valence electrons. The van der Waals surface area contributed by atoms with Crippen LogP contribution in [0.25, 0.3) is 0 Å². The van der Waals surface area contributed by atoms with Gasteiger partial charge < -0.3 is 9.64 Å². The minimum absolute atomic E-state index is 0.169. The van der Waals surface area contributed by atoms with Crippen molar-refractivity contribution in [2.24, 2.45) is 5.92 Å². The number of likely N-dealkylation sites (tertiary alicyclic amines) is 1. The molecule has 8 heteroatoms. The van der Waals surface area contributed by atoms with Crippen LogP contribution in [0.3, 0.4) is 0 Å². The fraction of sp³-hybridized carbons (Fsp3) is 0.556. The first-order chi connectivity index (χ1) is 12.3.